The van der Waals surface area contributed by atoms with E-state index in [4.69, 9.17) is 14.2 Å². The molecule has 4 amide bonds. The van der Waals surface area contributed by atoms with E-state index >= 15 is 0 Å². The summed E-state index contributed by atoms with van der Waals surface area (Å²) in [6.07, 6.45) is 10.5. The predicted octanol–water partition coefficient (Wildman–Crippen LogP) is 6.61. The van der Waals surface area contributed by atoms with Crippen LogP contribution in [0.15, 0.2) is 48.8 Å². The van der Waals surface area contributed by atoms with Crippen molar-refractivity contribution < 1.29 is 33.4 Å². The number of aromatic nitrogens is 1. The number of ether oxygens (including phenoxy) is 3. The van der Waals surface area contributed by atoms with E-state index in [9.17, 15) is 19.2 Å². The standard InChI is InChI=1S/C40H61N5O7/c1-39(2,3)51-37(48)43-23-11-9-7-8-10-22-42-36(47)34(26-29-14-18-33(19-15-29)50-28-31-20-24-41-25-21-31)45-35(46)32-16-12-30(13-17-32)27-44-38(49)52-40(4,5)6/h14-15,18-21,24-25,30,32,34H,7-13,16-17,22-23,26-28H2,1-6H3,(H,42,47)(H,43,48)(H,44,49)(H,45,46)/t30?,32?,34-/m0/s1. The Labute approximate surface area is 309 Å². The smallest absolute Gasteiger partial charge is 0.407 e. The molecule has 1 aliphatic carbocycles. The third-order valence-corrected chi connectivity index (χ3v) is 8.62. The van der Waals surface area contributed by atoms with Crippen molar-refractivity contribution in [1.29, 1.82) is 0 Å². The number of alkyl carbamates (subject to hydrolysis) is 2. The zero-order chi connectivity index (χ0) is 38.0. The molecule has 0 saturated heterocycles. The lowest BCUT2D eigenvalue weighted by molar-refractivity contribution is -0.131. The fourth-order valence-corrected chi connectivity index (χ4v) is 5.89. The molecule has 3 rings (SSSR count). The lowest BCUT2D eigenvalue weighted by atomic mass is 9.81. The van der Waals surface area contributed by atoms with Gasteiger partial charge in [0, 0.05) is 44.4 Å². The summed E-state index contributed by atoms with van der Waals surface area (Å²) in [5.74, 6) is 0.473. The monoisotopic (exact) mass is 723 g/mol. The van der Waals surface area contributed by atoms with Gasteiger partial charge in [-0.05, 0) is 121 Å². The van der Waals surface area contributed by atoms with Gasteiger partial charge in [-0.2, -0.15) is 0 Å². The summed E-state index contributed by atoms with van der Waals surface area (Å²) < 4.78 is 16.5. The summed E-state index contributed by atoms with van der Waals surface area (Å²) in [4.78, 5) is 54.8. The number of pyridine rings is 1. The van der Waals surface area contributed by atoms with Gasteiger partial charge in [0.15, 0.2) is 0 Å². The highest BCUT2D eigenvalue weighted by molar-refractivity contribution is 5.88. The fourth-order valence-electron chi connectivity index (χ4n) is 5.89. The van der Waals surface area contributed by atoms with Crippen molar-refractivity contribution in [2.75, 3.05) is 19.6 Å². The molecule has 0 aliphatic heterocycles. The maximum atomic E-state index is 13.5. The summed E-state index contributed by atoms with van der Waals surface area (Å²) >= 11 is 0. The van der Waals surface area contributed by atoms with Crippen molar-refractivity contribution in [3.8, 4) is 5.75 Å². The molecule has 0 bridgehead atoms. The first-order valence-corrected chi connectivity index (χ1v) is 18.8. The first-order chi connectivity index (χ1) is 24.7. The van der Waals surface area contributed by atoms with E-state index in [-0.39, 0.29) is 23.7 Å². The molecular weight excluding hydrogens is 662 g/mol. The van der Waals surface area contributed by atoms with Crippen molar-refractivity contribution in [2.45, 2.75) is 130 Å². The number of benzene rings is 1. The van der Waals surface area contributed by atoms with Crippen LogP contribution in [0.5, 0.6) is 5.75 Å². The van der Waals surface area contributed by atoms with E-state index in [1.807, 2.05) is 77.9 Å². The number of amides is 4. The van der Waals surface area contributed by atoms with Crippen molar-refractivity contribution >= 4 is 24.0 Å². The van der Waals surface area contributed by atoms with E-state index < -0.39 is 29.4 Å². The Kier molecular flexibility index (Phi) is 17.2. The van der Waals surface area contributed by atoms with Crippen LogP contribution in [-0.2, 0) is 32.1 Å². The van der Waals surface area contributed by atoms with E-state index in [1.54, 1.807) is 12.4 Å². The number of carbonyl (C=O) groups is 4. The Hall–Kier alpha value is -4.35. The van der Waals surface area contributed by atoms with Gasteiger partial charge in [0.2, 0.25) is 11.8 Å². The van der Waals surface area contributed by atoms with Crippen LogP contribution in [0.3, 0.4) is 0 Å². The highest BCUT2D eigenvalue weighted by Gasteiger charge is 2.30. The number of nitrogens with one attached hydrogen (secondary N) is 4. The lowest BCUT2D eigenvalue weighted by Crippen LogP contribution is -2.50. The van der Waals surface area contributed by atoms with Gasteiger partial charge in [0.1, 0.15) is 29.6 Å². The molecule has 0 radical (unpaired) electrons. The first kappa shape index (κ1) is 42.1. The SMILES string of the molecule is CC(C)(C)OC(=O)NCCCCCCCNC(=O)[C@H](Cc1ccc(OCc2ccncc2)cc1)NC(=O)C1CCC(CNC(=O)OC(C)(C)C)CC1. The van der Waals surface area contributed by atoms with Gasteiger partial charge >= 0.3 is 12.2 Å². The highest BCUT2D eigenvalue weighted by atomic mass is 16.6. The topological polar surface area (TPSA) is 157 Å². The maximum Gasteiger partial charge on any atom is 0.407 e. The van der Waals surface area contributed by atoms with Crippen LogP contribution >= 0.6 is 0 Å². The van der Waals surface area contributed by atoms with E-state index in [0.717, 1.165) is 56.1 Å². The molecule has 1 saturated carbocycles. The third-order valence-electron chi connectivity index (χ3n) is 8.62. The van der Waals surface area contributed by atoms with E-state index in [1.165, 1.54) is 0 Å². The van der Waals surface area contributed by atoms with Crippen LogP contribution in [0.1, 0.15) is 110 Å². The average molecular weight is 724 g/mol. The molecule has 2 aromatic rings. The van der Waals surface area contributed by atoms with Crippen LogP contribution in [0.2, 0.25) is 0 Å². The number of unbranched alkanes of at least 4 members (excludes halogenated alkanes) is 4. The Balaban J connectivity index is 1.47. The van der Waals surface area contributed by atoms with Gasteiger partial charge in [-0.25, -0.2) is 9.59 Å². The second-order valence-electron chi connectivity index (χ2n) is 15.6. The number of nitrogens with zero attached hydrogens (tertiary/aromatic N) is 1. The second kappa shape index (κ2) is 21.2. The molecule has 4 N–H and O–H groups in total. The van der Waals surface area contributed by atoms with Crippen molar-refractivity contribution in [3.63, 3.8) is 0 Å². The van der Waals surface area contributed by atoms with Crippen LogP contribution in [0.4, 0.5) is 9.59 Å². The number of carbonyl (C=O) groups excluding carboxylic acids is 4. The first-order valence-electron chi connectivity index (χ1n) is 18.8. The van der Waals surface area contributed by atoms with E-state index in [2.05, 4.69) is 26.3 Å². The molecular formula is C40H61N5O7. The lowest BCUT2D eigenvalue weighted by Gasteiger charge is -2.29. The van der Waals surface area contributed by atoms with Gasteiger partial charge < -0.3 is 35.5 Å². The number of rotatable bonds is 18. The molecule has 12 nitrogen and oxygen atoms in total. The Morgan fingerprint density at radius 1 is 0.712 bits per heavy atom. The average Bonchev–Trinajstić information content (AvgIpc) is 3.08. The molecule has 288 valence electrons. The summed E-state index contributed by atoms with van der Waals surface area (Å²) in [6, 6.07) is 10.7. The number of hydrogen-bond acceptors (Lipinski definition) is 8. The van der Waals surface area contributed by atoms with Crippen molar-refractivity contribution in [2.24, 2.45) is 11.8 Å². The molecule has 0 spiro atoms. The Morgan fingerprint density at radius 3 is 1.87 bits per heavy atom. The highest BCUT2D eigenvalue weighted by Crippen LogP contribution is 2.29. The fraction of sp³-hybridized carbons (Fsp3) is 0.625. The minimum absolute atomic E-state index is 0.115. The summed E-state index contributed by atoms with van der Waals surface area (Å²) in [7, 11) is 0. The molecule has 1 aromatic heterocycles. The molecule has 12 heteroatoms. The maximum absolute atomic E-state index is 13.5. The van der Waals surface area contributed by atoms with Gasteiger partial charge in [-0.15, -0.1) is 0 Å². The number of hydrogen-bond donors (Lipinski definition) is 4. The van der Waals surface area contributed by atoms with Gasteiger partial charge in [0.05, 0.1) is 0 Å². The van der Waals surface area contributed by atoms with Crippen molar-refractivity contribution in [3.05, 3.63) is 59.9 Å². The summed E-state index contributed by atoms with van der Waals surface area (Å²) in [5, 5.41) is 11.7. The molecule has 1 fully saturated rings. The quantitative estimate of drug-likeness (QED) is 0.125. The van der Waals surface area contributed by atoms with E-state index in [0.29, 0.717) is 51.3 Å². The van der Waals surface area contributed by atoms with Crippen LogP contribution in [0, 0.1) is 11.8 Å². The normalized spacial score (nSPS) is 16.6. The van der Waals surface area contributed by atoms with Crippen molar-refractivity contribution in [1.82, 2.24) is 26.3 Å². The van der Waals surface area contributed by atoms with Crippen LogP contribution < -0.4 is 26.0 Å². The minimum atomic E-state index is -0.721. The van der Waals surface area contributed by atoms with Gasteiger partial charge in [-0.1, -0.05) is 31.4 Å². The summed E-state index contributed by atoms with van der Waals surface area (Å²) in [6.45, 7) is 13.0. The molecule has 1 heterocycles. The third kappa shape index (κ3) is 17.7. The Bertz CT molecular complexity index is 1380. The zero-order valence-electron chi connectivity index (χ0n) is 32.1. The van der Waals surface area contributed by atoms with Gasteiger partial charge in [-0.3, -0.25) is 14.6 Å². The summed E-state index contributed by atoms with van der Waals surface area (Å²) in [5.41, 5.74) is 0.859. The van der Waals surface area contributed by atoms with Crippen LogP contribution in [0.25, 0.3) is 0 Å². The second-order valence-corrected chi connectivity index (χ2v) is 15.6. The molecule has 52 heavy (non-hydrogen) atoms. The molecule has 1 aromatic carbocycles. The van der Waals surface area contributed by atoms with Crippen LogP contribution in [-0.4, -0.2) is 65.9 Å². The van der Waals surface area contributed by atoms with Gasteiger partial charge in [0.25, 0.3) is 0 Å². The largest absolute Gasteiger partial charge is 0.489 e. The molecule has 1 atom stereocenters. The Morgan fingerprint density at radius 2 is 1.27 bits per heavy atom. The predicted molar refractivity (Wildman–Crippen MR) is 201 cm³/mol. The molecule has 1 aliphatic rings. The molecule has 0 unspecified atom stereocenters. The minimum Gasteiger partial charge on any atom is -0.489 e. The zero-order valence-corrected chi connectivity index (χ0v) is 32.1.